The molecule has 3 rings (SSSR count). The third-order valence-corrected chi connectivity index (χ3v) is 5.22. The number of alkyl halides is 3. The quantitative estimate of drug-likeness (QED) is 0.524. The van der Waals surface area contributed by atoms with Crippen molar-refractivity contribution in [3.8, 4) is 0 Å². The molecule has 9 heteroatoms. The molecule has 0 radical (unpaired) electrons. The largest absolute Gasteiger partial charge is 0.465 e. The van der Waals surface area contributed by atoms with Gasteiger partial charge < -0.3 is 14.6 Å². The SMILES string of the molecule is CCn1c(C(=O)NC(c2cccc(Cl)c2)C(F)(F)F)cc2cc(C(=O)OC)c(C)cc21. The van der Waals surface area contributed by atoms with Crippen molar-refractivity contribution in [3.05, 3.63) is 69.9 Å². The zero-order valence-corrected chi connectivity index (χ0v) is 17.8. The number of hydrogen-bond acceptors (Lipinski definition) is 3. The third kappa shape index (κ3) is 4.54. The van der Waals surface area contributed by atoms with Gasteiger partial charge in [-0.05, 0) is 55.3 Å². The first-order valence-electron chi connectivity index (χ1n) is 9.42. The Kier molecular flexibility index (Phi) is 6.31. The summed E-state index contributed by atoms with van der Waals surface area (Å²) < 4.78 is 47.5. The predicted octanol–water partition coefficient (Wildman–Crippen LogP) is 5.44. The summed E-state index contributed by atoms with van der Waals surface area (Å²) >= 11 is 5.84. The molecule has 0 spiro atoms. The zero-order valence-electron chi connectivity index (χ0n) is 17.0. The first-order chi connectivity index (χ1) is 14.6. The molecule has 1 N–H and O–H groups in total. The Hall–Kier alpha value is -3.00. The lowest BCUT2D eigenvalue weighted by Crippen LogP contribution is -2.38. The van der Waals surface area contributed by atoms with Crippen LogP contribution in [0.4, 0.5) is 13.2 Å². The lowest BCUT2D eigenvalue weighted by Gasteiger charge is -2.22. The molecular weight excluding hydrogens is 433 g/mol. The fourth-order valence-corrected chi connectivity index (χ4v) is 3.72. The van der Waals surface area contributed by atoms with E-state index in [-0.39, 0.29) is 16.3 Å². The molecule has 0 saturated heterocycles. The highest BCUT2D eigenvalue weighted by atomic mass is 35.5. The van der Waals surface area contributed by atoms with Crippen LogP contribution < -0.4 is 5.32 Å². The molecule has 1 atom stereocenters. The van der Waals surface area contributed by atoms with Crippen LogP contribution in [-0.4, -0.2) is 29.7 Å². The zero-order chi connectivity index (χ0) is 22.9. The van der Waals surface area contributed by atoms with Crippen LogP contribution in [0, 0.1) is 6.92 Å². The molecule has 1 amide bonds. The van der Waals surface area contributed by atoms with Crippen molar-refractivity contribution in [2.24, 2.45) is 0 Å². The number of carbonyl (C=O) groups excluding carboxylic acids is 2. The van der Waals surface area contributed by atoms with Crippen LogP contribution in [0.5, 0.6) is 0 Å². The average molecular weight is 453 g/mol. The Labute approximate surface area is 181 Å². The number of aromatic nitrogens is 1. The van der Waals surface area contributed by atoms with Gasteiger partial charge in [0.05, 0.1) is 12.7 Å². The van der Waals surface area contributed by atoms with E-state index in [0.717, 1.165) is 0 Å². The Morgan fingerprint density at radius 2 is 1.90 bits per heavy atom. The predicted molar refractivity (Wildman–Crippen MR) is 111 cm³/mol. The number of methoxy groups -OCH3 is 1. The molecule has 1 heterocycles. The first kappa shape index (κ1) is 22.7. The van der Waals surface area contributed by atoms with Gasteiger partial charge in [0.25, 0.3) is 5.91 Å². The van der Waals surface area contributed by atoms with Gasteiger partial charge in [-0.15, -0.1) is 0 Å². The fraction of sp³-hybridized carbons (Fsp3) is 0.273. The summed E-state index contributed by atoms with van der Waals surface area (Å²) in [6, 6.07) is 7.78. The van der Waals surface area contributed by atoms with Crippen LogP contribution in [0.2, 0.25) is 5.02 Å². The Bertz CT molecular complexity index is 1150. The number of ether oxygens (including phenoxy) is 1. The summed E-state index contributed by atoms with van der Waals surface area (Å²) in [5.74, 6) is -1.43. The number of benzene rings is 2. The second kappa shape index (κ2) is 8.63. The summed E-state index contributed by atoms with van der Waals surface area (Å²) in [4.78, 5) is 24.9. The van der Waals surface area contributed by atoms with E-state index in [2.05, 4.69) is 5.32 Å². The summed E-state index contributed by atoms with van der Waals surface area (Å²) in [7, 11) is 1.26. The third-order valence-electron chi connectivity index (χ3n) is 4.99. The average Bonchev–Trinajstić information content (AvgIpc) is 3.07. The summed E-state index contributed by atoms with van der Waals surface area (Å²) in [5, 5.41) is 2.76. The van der Waals surface area contributed by atoms with Crippen molar-refractivity contribution < 1.29 is 27.5 Å². The smallest absolute Gasteiger partial charge is 0.412 e. The van der Waals surface area contributed by atoms with Crippen LogP contribution in [0.15, 0.2) is 42.5 Å². The number of halogens is 4. The molecule has 31 heavy (non-hydrogen) atoms. The van der Waals surface area contributed by atoms with Crippen molar-refractivity contribution >= 4 is 34.4 Å². The highest BCUT2D eigenvalue weighted by Crippen LogP contribution is 2.34. The van der Waals surface area contributed by atoms with Crippen molar-refractivity contribution in [3.63, 3.8) is 0 Å². The van der Waals surface area contributed by atoms with E-state index in [1.165, 1.54) is 37.4 Å². The lowest BCUT2D eigenvalue weighted by molar-refractivity contribution is -0.155. The van der Waals surface area contributed by atoms with E-state index < -0.39 is 24.1 Å². The second-order valence-electron chi connectivity index (χ2n) is 6.99. The van der Waals surface area contributed by atoms with E-state index in [1.54, 1.807) is 30.5 Å². The molecule has 164 valence electrons. The molecule has 0 bridgehead atoms. The first-order valence-corrected chi connectivity index (χ1v) is 9.79. The van der Waals surface area contributed by atoms with E-state index in [0.29, 0.717) is 28.6 Å². The minimum Gasteiger partial charge on any atom is -0.465 e. The van der Waals surface area contributed by atoms with Gasteiger partial charge in [0, 0.05) is 22.5 Å². The van der Waals surface area contributed by atoms with Crippen LogP contribution in [0.3, 0.4) is 0 Å². The van der Waals surface area contributed by atoms with E-state index in [1.807, 2.05) is 0 Å². The van der Waals surface area contributed by atoms with E-state index in [9.17, 15) is 22.8 Å². The van der Waals surface area contributed by atoms with E-state index >= 15 is 0 Å². The van der Waals surface area contributed by atoms with Crippen LogP contribution in [0.1, 0.15) is 44.9 Å². The Morgan fingerprint density at radius 1 is 1.19 bits per heavy atom. The van der Waals surface area contributed by atoms with Gasteiger partial charge in [0.15, 0.2) is 6.04 Å². The molecule has 3 aromatic rings. The Morgan fingerprint density at radius 3 is 2.48 bits per heavy atom. The number of fused-ring (bicyclic) bond motifs is 1. The van der Waals surface area contributed by atoms with Gasteiger partial charge >= 0.3 is 12.1 Å². The van der Waals surface area contributed by atoms with Gasteiger partial charge in [0.2, 0.25) is 0 Å². The fourth-order valence-electron chi connectivity index (χ4n) is 3.52. The molecule has 1 aromatic heterocycles. The van der Waals surface area contributed by atoms with Gasteiger partial charge in [-0.2, -0.15) is 13.2 Å². The Balaban J connectivity index is 2.05. The molecule has 0 fully saturated rings. The maximum absolute atomic E-state index is 13.7. The number of hydrogen-bond donors (Lipinski definition) is 1. The monoisotopic (exact) mass is 452 g/mol. The second-order valence-corrected chi connectivity index (χ2v) is 7.43. The summed E-state index contributed by atoms with van der Waals surface area (Å²) in [5.41, 5.74) is 1.46. The van der Waals surface area contributed by atoms with Crippen LogP contribution >= 0.6 is 11.6 Å². The highest BCUT2D eigenvalue weighted by Gasteiger charge is 2.42. The van der Waals surface area contributed by atoms with Gasteiger partial charge in [-0.25, -0.2) is 4.79 Å². The number of nitrogens with one attached hydrogen (secondary N) is 1. The van der Waals surface area contributed by atoms with Crippen LogP contribution in [-0.2, 0) is 11.3 Å². The molecule has 0 aliphatic carbocycles. The van der Waals surface area contributed by atoms with Crippen molar-refractivity contribution in [1.29, 1.82) is 0 Å². The molecule has 5 nitrogen and oxygen atoms in total. The normalized spacial score (nSPS) is 12.6. The van der Waals surface area contributed by atoms with Crippen molar-refractivity contribution in [1.82, 2.24) is 9.88 Å². The number of aryl methyl sites for hydroxylation is 2. The van der Waals surface area contributed by atoms with Gasteiger partial charge in [-0.1, -0.05) is 23.7 Å². The molecule has 0 saturated carbocycles. The topological polar surface area (TPSA) is 60.3 Å². The summed E-state index contributed by atoms with van der Waals surface area (Å²) in [6.07, 6.45) is -4.72. The standard InChI is InChI=1S/C22H20ClF3N2O3/c1-4-28-17-8-12(2)16(21(30)31-3)10-14(17)11-18(28)20(29)27-19(22(24,25)26)13-6-5-7-15(23)9-13/h5-11,19H,4H2,1-3H3,(H,27,29). The summed E-state index contributed by atoms with van der Waals surface area (Å²) in [6.45, 7) is 3.84. The molecular formula is C22H20ClF3N2O3. The molecule has 1 unspecified atom stereocenters. The number of esters is 1. The maximum Gasteiger partial charge on any atom is 0.412 e. The molecule has 2 aromatic carbocycles. The van der Waals surface area contributed by atoms with Crippen molar-refractivity contribution in [2.45, 2.75) is 32.6 Å². The van der Waals surface area contributed by atoms with Crippen LogP contribution in [0.25, 0.3) is 10.9 Å². The lowest BCUT2D eigenvalue weighted by atomic mass is 10.1. The van der Waals surface area contributed by atoms with E-state index in [4.69, 9.17) is 16.3 Å². The van der Waals surface area contributed by atoms with Gasteiger partial charge in [0.1, 0.15) is 5.69 Å². The minimum atomic E-state index is -4.72. The minimum absolute atomic E-state index is 0.0511. The molecule has 0 aliphatic rings. The number of nitrogens with zero attached hydrogens (tertiary/aromatic N) is 1. The molecule has 0 aliphatic heterocycles. The number of carbonyl (C=O) groups is 2. The van der Waals surface area contributed by atoms with Crippen molar-refractivity contribution in [2.75, 3.05) is 7.11 Å². The van der Waals surface area contributed by atoms with Gasteiger partial charge in [-0.3, -0.25) is 4.79 Å². The highest BCUT2D eigenvalue weighted by molar-refractivity contribution is 6.30. The number of rotatable bonds is 5. The number of amides is 1. The maximum atomic E-state index is 13.7.